The molecule has 3 aromatic heterocycles. The van der Waals surface area contributed by atoms with E-state index in [0.29, 0.717) is 29.9 Å². The second-order valence-corrected chi connectivity index (χ2v) is 11.5. The SMILES string of the molecule is C#CC#CC#CC#CC#CC#CC#CC#CC#CC#CC#C.COc1ccc(Cn2c(=O)n3ncnc3c3nc(CN4C[C@@H](C)O[C@@H](C)C4)cnc32)cc1.NN=NN=NN=[N+]([O-])OO.[HH].[HH].[HH].[HH].[HH].[HH].[HH].[HH].[HH].[HH].[HH]. The molecule has 3 N–H and O–H groups in total. The Bertz CT molecular complexity index is 3090. The van der Waals surface area contributed by atoms with Gasteiger partial charge in [0.05, 0.1) is 42.8 Å². The Morgan fingerprint density at radius 1 is 0.828 bits per heavy atom. The molecule has 1 fully saturated rings. The average molecular weight is 873 g/mol. The summed E-state index contributed by atoms with van der Waals surface area (Å²) >= 11 is 0. The van der Waals surface area contributed by atoms with Crippen LogP contribution in [0.15, 0.2) is 67.7 Å². The van der Waals surface area contributed by atoms with Gasteiger partial charge < -0.3 is 25.5 Å². The molecule has 20 nitrogen and oxygen atoms in total. The number of aromatic nitrogens is 6. The summed E-state index contributed by atoms with van der Waals surface area (Å²) in [7, 11) is 1.62. The minimum atomic E-state index is -0.602. The zero-order valence-corrected chi connectivity index (χ0v) is 34.0. The van der Waals surface area contributed by atoms with Gasteiger partial charge in [0.25, 0.3) is 0 Å². The number of morpholine rings is 1. The highest BCUT2D eigenvalue weighted by molar-refractivity contribution is 5.84. The average Bonchev–Trinajstić information content (AvgIpc) is 3.80. The molecule has 334 valence electrons. The highest BCUT2D eigenvalue weighted by Crippen LogP contribution is 2.18. The van der Waals surface area contributed by atoms with E-state index in [-0.39, 0.29) is 33.6 Å². The topological polar surface area (TPSA) is 243 Å². The van der Waals surface area contributed by atoms with Crippen molar-refractivity contribution < 1.29 is 40.4 Å². The van der Waals surface area contributed by atoms with Crippen molar-refractivity contribution in [1.82, 2.24) is 34.0 Å². The van der Waals surface area contributed by atoms with Crippen molar-refractivity contribution in [2.75, 3.05) is 20.2 Å². The molecule has 0 bridgehead atoms. The maximum Gasteiger partial charge on any atom is 0.352 e. The van der Waals surface area contributed by atoms with E-state index in [1.54, 1.807) is 17.9 Å². The predicted molar refractivity (Wildman–Crippen MR) is 252 cm³/mol. The van der Waals surface area contributed by atoms with E-state index in [0.717, 1.165) is 30.1 Å². The Morgan fingerprint density at radius 3 is 1.84 bits per heavy atom. The molecule has 1 aliphatic rings. The number of terminal acetylenes is 2. The fourth-order valence-electron chi connectivity index (χ4n) is 4.97. The minimum absolute atomic E-state index is 0. The molecule has 4 aromatic rings. The maximum absolute atomic E-state index is 13.1. The number of rotatable bonds is 8. The summed E-state index contributed by atoms with van der Waals surface area (Å²) in [5, 5.41) is 34.2. The molecule has 20 heteroatoms. The van der Waals surface area contributed by atoms with Crippen molar-refractivity contribution in [3.8, 4) is 137 Å². The zero-order valence-electron chi connectivity index (χ0n) is 34.0. The molecule has 1 saturated heterocycles. The van der Waals surface area contributed by atoms with Gasteiger partial charge in [-0.15, -0.1) is 12.8 Å². The van der Waals surface area contributed by atoms with Gasteiger partial charge in [0, 0.05) is 64.2 Å². The highest BCUT2D eigenvalue weighted by atomic mass is 17.2. The number of nitrogens with zero attached hydrogens (tertiary/aromatic N) is 13. The van der Waals surface area contributed by atoms with Crippen LogP contribution in [0.3, 0.4) is 0 Å². The molecule has 5 rings (SSSR count). The smallest absolute Gasteiger partial charge is 0.352 e. The number of hydrogen-bond donors (Lipinski definition) is 2. The van der Waals surface area contributed by atoms with E-state index in [2.05, 4.69) is 189 Å². The first kappa shape index (κ1) is 48.3. The Hall–Kier alpha value is -10.0. The first-order chi connectivity index (χ1) is 31.2. The normalized spacial score (nSPS) is 13.1. The summed E-state index contributed by atoms with van der Waals surface area (Å²) in [6, 6.07) is 7.58. The number of ether oxygens (including phenoxy) is 2. The third kappa shape index (κ3) is 17.4. The van der Waals surface area contributed by atoms with Crippen LogP contribution < -0.4 is 16.3 Å². The first-order valence-corrected chi connectivity index (χ1v) is 17.7. The van der Waals surface area contributed by atoms with Crippen molar-refractivity contribution in [3.05, 3.63) is 63.7 Å². The molecule has 0 aliphatic carbocycles. The van der Waals surface area contributed by atoms with E-state index in [4.69, 9.17) is 32.6 Å². The van der Waals surface area contributed by atoms with Crippen molar-refractivity contribution >= 4 is 16.8 Å². The largest absolute Gasteiger partial charge is 0.497 e. The van der Waals surface area contributed by atoms with Crippen LogP contribution in [0.2, 0.25) is 0 Å². The standard InChI is InChI=1S/C22H25N7O3.C22H2.H3N7O3.11H2/c1-14-9-27(10-15(2)32-14)12-17-8-23-20-19(26-17)21-24-13-25-29(21)22(30)28(20)11-16-4-6-18(31-3)7-5-16;1-3-5-7-9-11-13-15-17-19-21-22-20-18-16-14-12-10-8-6-4-2;1-2-3-4-5-6-7(8)10-9;;;;;;;;;;;/h4-8,13-15H,9-12H2,1-3H3;1-2H;9H,(H2,1,3,5);11*1H/t14-,15+;;;;;;;;;;;;;. The van der Waals surface area contributed by atoms with Crippen LogP contribution in [0, 0.1) is 136 Å². The van der Waals surface area contributed by atoms with Gasteiger partial charge >= 0.3 is 5.69 Å². The summed E-state index contributed by atoms with van der Waals surface area (Å²) in [6.07, 6.45) is 13.2. The van der Waals surface area contributed by atoms with Gasteiger partial charge in [-0.2, -0.15) is 9.61 Å². The molecule has 1 aromatic carbocycles. The van der Waals surface area contributed by atoms with Gasteiger partial charge in [-0.1, -0.05) is 17.4 Å². The lowest BCUT2D eigenvalue weighted by atomic mass is 10.2. The van der Waals surface area contributed by atoms with Crippen LogP contribution in [0.1, 0.15) is 40.8 Å². The summed E-state index contributed by atoms with van der Waals surface area (Å²) in [6.45, 7) is 6.81. The highest BCUT2D eigenvalue weighted by Gasteiger charge is 2.23. The summed E-state index contributed by atoms with van der Waals surface area (Å²) < 4.78 is 13.9. The van der Waals surface area contributed by atoms with Gasteiger partial charge in [-0.3, -0.25) is 14.7 Å². The first-order valence-electron chi connectivity index (χ1n) is 17.7. The fraction of sp³-hybridized carbons (Fsp3) is 0.205. The molecule has 64 heavy (non-hydrogen) atoms. The Labute approximate surface area is 383 Å². The van der Waals surface area contributed by atoms with Crippen molar-refractivity contribution in [3.63, 3.8) is 0 Å². The van der Waals surface area contributed by atoms with Crippen LogP contribution in [-0.2, 0) is 22.8 Å². The quantitative estimate of drug-likeness (QED) is 0.0821. The monoisotopic (exact) mass is 872 g/mol. The van der Waals surface area contributed by atoms with E-state index in [9.17, 15) is 10.0 Å². The van der Waals surface area contributed by atoms with Crippen LogP contribution in [0.25, 0.3) is 16.8 Å². The van der Waals surface area contributed by atoms with Gasteiger partial charge in [0.1, 0.15) is 17.3 Å². The second-order valence-electron chi connectivity index (χ2n) is 11.5. The molecule has 0 unspecified atom stereocenters. The Balaban J connectivity index is -0.000000129. The molecular formula is C44H52N14O6. The van der Waals surface area contributed by atoms with E-state index in [1.165, 1.54) is 10.8 Å². The minimum Gasteiger partial charge on any atom is -0.497 e. The van der Waals surface area contributed by atoms with E-state index >= 15 is 0 Å². The molecule has 1 aliphatic heterocycles. The van der Waals surface area contributed by atoms with Crippen molar-refractivity contribution in [1.29, 1.82) is 0 Å². The molecule has 4 heterocycles. The van der Waals surface area contributed by atoms with Crippen molar-refractivity contribution in [2.24, 2.45) is 32.0 Å². The zero-order chi connectivity index (χ0) is 46.2. The van der Waals surface area contributed by atoms with E-state index in [1.807, 2.05) is 24.3 Å². The number of nitrogens with two attached hydrogens (primary N) is 1. The Kier molecular flexibility index (Phi) is 21.4. The lowest BCUT2D eigenvalue weighted by Crippen LogP contribution is -2.45. The van der Waals surface area contributed by atoms with Gasteiger partial charge in [0.2, 0.25) is 10.4 Å². The summed E-state index contributed by atoms with van der Waals surface area (Å²) in [5.41, 5.74) is 2.91. The molecule has 0 spiro atoms. The second kappa shape index (κ2) is 28.4. The molecule has 0 radical (unpaired) electrons. The fourth-order valence-corrected chi connectivity index (χ4v) is 4.97. The number of hydrogen-bond acceptors (Lipinski definition) is 12. The van der Waals surface area contributed by atoms with Crippen molar-refractivity contribution in [2.45, 2.75) is 39.1 Å². The summed E-state index contributed by atoms with van der Waals surface area (Å²) in [4.78, 5) is 32.2. The third-order valence-electron chi connectivity index (χ3n) is 7.13. The number of benzene rings is 1. The van der Waals surface area contributed by atoms with Gasteiger partial charge in [-0.25, -0.2) is 19.7 Å². The predicted octanol–water partition coefficient (Wildman–Crippen LogP) is 4.45. The van der Waals surface area contributed by atoms with Crippen LogP contribution in [0.5, 0.6) is 5.75 Å². The summed E-state index contributed by atoms with van der Waals surface area (Å²) in [5.74, 6) is 53.4. The molecular weight excluding hydrogens is 821 g/mol. The molecule has 0 amide bonds. The number of fused-ring (bicyclic) bond motifs is 3. The van der Waals surface area contributed by atoms with Crippen LogP contribution in [0.4, 0.5) is 0 Å². The maximum atomic E-state index is 13.1. The third-order valence-corrected chi connectivity index (χ3v) is 7.13. The number of methoxy groups -OCH3 is 1. The van der Waals surface area contributed by atoms with E-state index < -0.39 is 5.02 Å². The lowest BCUT2D eigenvalue weighted by Gasteiger charge is -2.35. The molecule has 2 atom stereocenters. The van der Waals surface area contributed by atoms with Crippen LogP contribution in [-0.4, -0.2) is 76.7 Å². The van der Waals surface area contributed by atoms with Crippen LogP contribution >= 0.6 is 0 Å². The lowest BCUT2D eigenvalue weighted by molar-refractivity contribution is -0.873. The van der Waals surface area contributed by atoms with Gasteiger partial charge in [0.15, 0.2) is 16.8 Å². The Morgan fingerprint density at radius 2 is 1.36 bits per heavy atom. The molecule has 0 saturated carbocycles. The van der Waals surface area contributed by atoms with Gasteiger partial charge in [-0.05, 0) is 126 Å².